The SMILES string of the molecule is Cc1cc(C)n(CC(=O)NC[C@H]2CN(CC3CCN(CC4CC4)CC3)C(=O)CO2)n1. The van der Waals surface area contributed by atoms with Crippen LogP contribution in [0.25, 0.3) is 0 Å². The second kappa shape index (κ2) is 9.47. The summed E-state index contributed by atoms with van der Waals surface area (Å²) in [4.78, 5) is 29.2. The van der Waals surface area contributed by atoms with Gasteiger partial charge in [0, 0.05) is 31.9 Å². The van der Waals surface area contributed by atoms with Crippen molar-refractivity contribution in [1.82, 2.24) is 24.9 Å². The van der Waals surface area contributed by atoms with Gasteiger partial charge in [-0.1, -0.05) is 0 Å². The van der Waals surface area contributed by atoms with Crippen LogP contribution in [0.5, 0.6) is 0 Å². The van der Waals surface area contributed by atoms with E-state index in [1.165, 1.54) is 32.2 Å². The number of carbonyl (C=O) groups excluding carboxylic acids is 2. The number of likely N-dealkylation sites (tertiary alicyclic amines) is 1. The fourth-order valence-corrected chi connectivity index (χ4v) is 4.56. The zero-order valence-electron chi connectivity index (χ0n) is 18.3. The van der Waals surface area contributed by atoms with Crippen molar-refractivity contribution >= 4 is 11.8 Å². The summed E-state index contributed by atoms with van der Waals surface area (Å²) in [5.74, 6) is 1.50. The first-order chi connectivity index (χ1) is 14.5. The van der Waals surface area contributed by atoms with Gasteiger partial charge in [0.1, 0.15) is 13.2 Å². The number of hydrogen-bond acceptors (Lipinski definition) is 5. The van der Waals surface area contributed by atoms with Gasteiger partial charge in [-0.25, -0.2) is 0 Å². The molecule has 2 amide bonds. The summed E-state index contributed by atoms with van der Waals surface area (Å²) in [5, 5.41) is 7.26. The maximum atomic E-state index is 12.3. The highest BCUT2D eigenvalue weighted by Crippen LogP contribution is 2.31. The van der Waals surface area contributed by atoms with Crippen LogP contribution in [0.2, 0.25) is 0 Å². The highest BCUT2D eigenvalue weighted by atomic mass is 16.5. The van der Waals surface area contributed by atoms with Crippen molar-refractivity contribution in [1.29, 1.82) is 0 Å². The van der Waals surface area contributed by atoms with Crippen LogP contribution in [-0.4, -0.2) is 83.4 Å². The lowest BCUT2D eigenvalue weighted by Crippen LogP contribution is -2.52. The average Bonchev–Trinajstić information content (AvgIpc) is 3.47. The highest BCUT2D eigenvalue weighted by molar-refractivity contribution is 5.78. The predicted molar refractivity (Wildman–Crippen MR) is 113 cm³/mol. The van der Waals surface area contributed by atoms with E-state index >= 15 is 0 Å². The van der Waals surface area contributed by atoms with Gasteiger partial charge in [0.2, 0.25) is 11.8 Å². The minimum absolute atomic E-state index is 0.0700. The van der Waals surface area contributed by atoms with Crippen molar-refractivity contribution in [2.75, 3.05) is 45.9 Å². The van der Waals surface area contributed by atoms with E-state index in [4.69, 9.17) is 4.74 Å². The topological polar surface area (TPSA) is 79.7 Å². The van der Waals surface area contributed by atoms with E-state index in [2.05, 4.69) is 15.3 Å². The number of amides is 2. The normalized spacial score (nSPS) is 23.7. The Kier molecular flexibility index (Phi) is 6.73. The molecule has 1 atom stereocenters. The Labute approximate surface area is 178 Å². The van der Waals surface area contributed by atoms with Gasteiger partial charge in [0.25, 0.3) is 0 Å². The van der Waals surface area contributed by atoms with E-state index in [0.29, 0.717) is 19.0 Å². The van der Waals surface area contributed by atoms with Gasteiger partial charge >= 0.3 is 0 Å². The van der Waals surface area contributed by atoms with Crippen molar-refractivity contribution in [3.63, 3.8) is 0 Å². The summed E-state index contributed by atoms with van der Waals surface area (Å²) < 4.78 is 7.38. The highest BCUT2D eigenvalue weighted by Gasteiger charge is 2.31. The van der Waals surface area contributed by atoms with Crippen LogP contribution in [0, 0.1) is 25.7 Å². The van der Waals surface area contributed by atoms with Crippen molar-refractivity contribution < 1.29 is 14.3 Å². The lowest BCUT2D eigenvalue weighted by Gasteiger charge is -2.38. The number of nitrogens with zero attached hydrogens (tertiary/aromatic N) is 4. The second-order valence-electron chi connectivity index (χ2n) is 9.31. The molecule has 1 aromatic rings. The van der Waals surface area contributed by atoms with Crippen LogP contribution in [0.4, 0.5) is 0 Å². The molecule has 3 aliphatic rings. The fraction of sp³-hybridized carbons (Fsp3) is 0.773. The summed E-state index contributed by atoms with van der Waals surface area (Å²) in [6.07, 6.45) is 4.99. The van der Waals surface area contributed by atoms with Crippen LogP contribution in [0.15, 0.2) is 6.07 Å². The van der Waals surface area contributed by atoms with E-state index in [9.17, 15) is 9.59 Å². The molecule has 8 heteroatoms. The zero-order chi connectivity index (χ0) is 21.1. The average molecular weight is 418 g/mol. The minimum atomic E-state index is -0.151. The van der Waals surface area contributed by atoms with Crippen molar-refractivity contribution in [3.05, 3.63) is 17.5 Å². The van der Waals surface area contributed by atoms with Gasteiger partial charge in [-0.15, -0.1) is 0 Å². The Morgan fingerprint density at radius 3 is 2.57 bits per heavy atom. The lowest BCUT2D eigenvalue weighted by molar-refractivity contribution is -0.150. The van der Waals surface area contributed by atoms with Crippen molar-refractivity contribution in [3.8, 4) is 0 Å². The molecule has 0 bridgehead atoms. The molecule has 0 unspecified atom stereocenters. The number of morpholine rings is 1. The van der Waals surface area contributed by atoms with Gasteiger partial charge in [-0.05, 0) is 70.5 Å². The Balaban J connectivity index is 1.19. The molecule has 2 saturated heterocycles. The van der Waals surface area contributed by atoms with E-state index in [0.717, 1.165) is 36.9 Å². The number of rotatable bonds is 8. The summed E-state index contributed by atoms with van der Waals surface area (Å²) >= 11 is 0. The molecule has 1 aliphatic carbocycles. The third-order valence-corrected chi connectivity index (χ3v) is 6.54. The van der Waals surface area contributed by atoms with E-state index in [1.807, 2.05) is 24.8 Å². The van der Waals surface area contributed by atoms with Crippen LogP contribution in [0.1, 0.15) is 37.1 Å². The van der Waals surface area contributed by atoms with Crippen LogP contribution in [0.3, 0.4) is 0 Å². The first-order valence-corrected chi connectivity index (χ1v) is 11.4. The molecular formula is C22H35N5O3. The molecule has 3 fully saturated rings. The monoisotopic (exact) mass is 417 g/mol. The van der Waals surface area contributed by atoms with Gasteiger partial charge in [0.05, 0.1) is 11.8 Å². The molecule has 30 heavy (non-hydrogen) atoms. The summed E-state index contributed by atoms with van der Waals surface area (Å²) in [6, 6.07) is 1.96. The molecule has 0 radical (unpaired) electrons. The number of carbonyl (C=O) groups is 2. The first kappa shape index (κ1) is 21.3. The molecule has 1 aromatic heterocycles. The minimum Gasteiger partial charge on any atom is -0.365 e. The van der Waals surface area contributed by atoms with Crippen LogP contribution < -0.4 is 5.32 Å². The third kappa shape index (κ3) is 5.82. The molecule has 166 valence electrons. The fourth-order valence-electron chi connectivity index (χ4n) is 4.56. The van der Waals surface area contributed by atoms with E-state index in [-0.39, 0.29) is 31.1 Å². The molecule has 4 rings (SSSR count). The smallest absolute Gasteiger partial charge is 0.248 e. The lowest BCUT2D eigenvalue weighted by atomic mass is 9.95. The van der Waals surface area contributed by atoms with Gasteiger partial charge in [-0.3, -0.25) is 14.3 Å². The van der Waals surface area contributed by atoms with E-state index in [1.54, 1.807) is 4.68 Å². The van der Waals surface area contributed by atoms with Crippen molar-refractivity contribution in [2.24, 2.45) is 11.8 Å². The number of nitrogens with one attached hydrogen (secondary N) is 1. The Hall–Kier alpha value is -1.93. The maximum Gasteiger partial charge on any atom is 0.248 e. The largest absolute Gasteiger partial charge is 0.365 e. The van der Waals surface area contributed by atoms with Gasteiger partial charge in [-0.2, -0.15) is 5.10 Å². The molecule has 0 aromatic carbocycles. The number of aryl methyl sites for hydroxylation is 2. The van der Waals surface area contributed by atoms with Gasteiger partial charge < -0.3 is 19.9 Å². The standard InChI is InChI=1S/C22H35N5O3/c1-16-9-17(2)27(24-16)14-21(28)23-10-20-13-26(22(29)15-30-20)12-19-5-7-25(8-6-19)11-18-3-4-18/h9,18-20H,3-8,10-15H2,1-2H3,(H,23,28)/t20-/m0/s1. The molecule has 2 aliphatic heterocycles. The summed E-state index contributed by atoms with van der Waals surface area (Å²) in [5.41, 5.74) is 1.87. The number of hydrogen-bond donors (Lipinski definition) is 1. The Bertz CT molecular complexity index is 752. The van der Waals surface area contributed by atoms with Crippen LogP contribution in [-0.2, 0) is 20.9 Å². The molecular weight excluding hydrogens is 382 g/mol. The number of piperidine rings is 1. The third-order valence-electron chi connectivity index (χ3n) is 6.54. The Morgan fingerprint density at radius 2 is 1.90 bits per heavy atom. The molecule has 0 spiro atoms. The number of aromatic nitrogens is 2. The molecule has 1 N–H and O–H groups in total. The van der Waals surface area contributed by atoms with Crippen LogP contribution >= 0.6 is 0 Å². The predicted octanol–water partition coefficient (Wildman–Crippen LogP) is 0.966. The first-order valence-electron chi connectivity index (χ1n) is 11.4. The Morgan fingerprint density at radius 1 is 1.17 bits per heavy atom. The zero-order valence-corrected chi connectivity index (χ0v) is 18.3. The quantitative estimate of drug-likeness (QED) is 0.682. The molecule has 1 saturated carbocycles. The summed E-state index contributed by atoms with van der Waals surface area (Å²) in [7, 11) is 0. The molecule has 3 heterocycles. The van der Waals surface area contributed by atoms with Gasteiger partial charge in [0.15, 0.2) is 0 Å². The van der Waals surface area contributed by atoms with E-state index < -0.39 is 0 Å². The number of ether oxygens (including phenoxy) is 1. The van der Waals surface area contributed by atoms with Crippen molar-refractivity contribution in [2.45, 2.75) is 52.2 Å². The second-order valence-corrected chi connectivity index (χ2v) is 9.31. The molecule has 8 nitrogen and oxygen atoms in total. The maximum absolute atomic E-state index is 12.3. The summed E-state index contributed by atoms with van der Waals surface area (Å²) in [6.45, 7) is 9.54.